The number of halogens is 1. The number of anilines is 2. The Hall–Kier alpha value is -3.31. The van der Waals surface area contributed by atoms with E-state index < -0.39 is 11.9 Å². The van der Waals surface area contributed by atoms with Crippen LogP contribution in [-0.2, 0) is 0 Å². The Bertz CT molecular complexity index is 844. The van der Waals surface area contributed by atoms with Crippen molar-refractivity contribution in [2.45, 2.75) is 0 Å². The van der Waals surface area contributed by atoms with Crippen LogP contribution >= 0.6 is 11.6 Å². The molecule has 0 spiro atoms. The first-order chi connectivity index (χ1) is 12.6. The second-order valence-corrected chi connectivity index (χ2v) is 5.84. The van der Waals surface area contributed by atoms with E-state index in [2.05, 4.69) is 10.7 Å². The van der Waals surface area contributed by atoms with E-state index in [9.17, 15) is 9.59 Å². The molecule has 2 N–H and O–H groups in total. The van der Waals surface area contributed by atoms with E-state index in [1.807, 2.05) is 60.7 Å². The lowest BCUT2D eigenvalue weighted by Crippen LogP contribution is -2.47. The molecule has 5 nitrogen and oxygen atoms in total. The highest BCUT2D eigenvalue weighted by molar-refractivity contribution is 6.30. The van der Waals surface area contributed by atoms with Crippen molar-refractivity contribution < 1.29 is 9.59 Å². The number of rotatable bonds is 4. The number of carbonyl (C=O) groups is 2. The zero-order valence-electron chi connectivity index (χ0n) is 13.7. The quantitative estimate of drug-likeness (QED) is 0.667. The molecular weight excluding hydrogens is 350 g/mol. The van der Waals surface area contributed by atoms with Gasteiger partial charge in [0.2, 0.25) is 0 Å². The van der Waals surface area contributed by atoms with Gasteiger partial charge in [0.25, 0.3) is 5.91 Å². The summed E-state index contributed by atoms with van der Waals surface area (Å²) in [6.45, 7) is 0. The van der Waals surface area contributed by atoms with Crippen LogP contribution in [0.5, 0.6) is 0 Å². The molecule has 0 radical (unpaired) electrons. The monoisotopic (exact) mass is 365 g/mol. The fraction of sp³-hybridized carbons (Fsp3) is 0. The second-order valence-electron chi connectivity index (χ2n) is 5.41. The van der Waals surface area contributed by atoms with Gasteiger partial charge >= 0.3 is 6.03 Å². The highest BCUT2D eigenvalue weighted by Crippen LogP contribution is 2.22. The maximum Gasteiger partial charge on any atom is 0.340 e. The third-order valence-electron chi connectivity index (χ3n) is 3.58. The van der Waals surface area contributed by atoms with E-state index in [1.54, 1.807) is 29.3 Å². The van der Waals surface area contributed by atoms with Crippen LogP contribution in [0.2, 0.25) is 5.02 Å². The summed E-state index contributed by atoms with van der Waals surface area (Å²) in [7, 11) is 0. The summed E-state index contributed by atoms with van der Waals surface area (Å²) in [4.78, 5) is 24.5. The van der Waals surface area contributed by atoms with Crippen LogP contribution in [-0.4, -0.2) is 11.9 Å². The van der Waals surface area contributed by atoms with Crippen LogP contribution in [0.15, 0.2) is 84.9 Å². The van der Waals surface area contributed by atoms with Crippen molar-refractivity contribution in [3.8, 4) is 0 Å². The predicted octanol–water partition coefficient (Wildman–Crippen LogP) is 4.53. The summed E-state index contributed by atoms with van der Waals surface area (Å²) in [5.74, 6) is -0.514. The molecule has 0 aliphatic carbocycles. The van der Waals surface area contributed by atoms with E-state index in [0.717, 1.165) is 11.4 Å². The van der Waals surface area contributed by atoms with Crippen molar-refractivity contribution in [2.24, 2.45) is 0 Å². The van der Waals surface area contributed by atoms with Crippen molar-refractivity contribution >= 4 is 34.9 Å². The van der Waals surface area contributed by atoms with Gasteiger partial charge in [-0.15, -0.1) is 0 Å². The average Bonchev–Trinajstić information content (AvgIpc) is 2.68. The third kappa shape index (κ3) is 4.40. The van der Waals surface area contributed by atoms with Gasteiger partial charge in [0.15, 0.2) is 0 Å². The molecule has 0 aromatic heterocycles. The molecule has 6 heteroatoms. The van der Waals surface area contributed by atoms with Crippen LogP contribution in [0.1, 0.15) is 10.4 Å². The molecule has 0 atom stereocenters. The lowest BCUT2D eigenvalue weighted by molar-refractivity contribution is 0.0964. The van der Waals surface area contributed by atoms with E-state index in [1.165, 1.54) is 0 Å². The molecule has 26 heavy (non-hydrogen) atoms. The third-order valence-corrected chi connectivity index (χ3v) is 3.83. The van der Waals surface area contributed by atoms with Crippen LogP contribution in [0.25, 0.3) is 0 Å². The summed E-state index contributed by atoms with van der Waals surface area (Å²) in [6, 6.07) is 24.3. The number of imide groups is 1. The minimum atomic E-state index is -0.641. The summed E-state index contributed by atoms with van der Waals surface area (Å²) >= 11 is 5.81. The Morgan fingerprint density at radius 2 is 1.23 bits per heavy atom. The van der Waals surface area contributed by atoms with E-state index >= 15 is 0 Å². The zero-order chi connectivity index (χ0) is 18.4. The van der Waals surface area contributed by atoms with Crippen molar-refractivity contribution in [1.29, 1.82) is 0 Å². The summed E-state index contributed by atoms with van der Waals surface area (Å²) in [6.07, 6.45) is 0. The van der Waals surface area contributed by atoms with Crippen molar-refractivity contribution in [1.82, 2.24) is 10.7 Å². The molecule has 0 aliphatic rings. The Balaban J connectivity index is 1.75. The van der Waals surface area contributed by atoms with Crippen LogP contribution in [0.3, 0.4) is 0 Å². The number of para-hydroxylation sites is 2. The Morgan fingerprint density at radius 3 is 1.73 bits per heavy atom. The number of hydrogen-bond donors (Lipinski definition) is 2. The lowest BCUT2D eigenvalue weighted by Gasteiger charge is -2.25. The molecule has 3 amide bonds. The van der Waals surface area contributed by atoms with E-state index in [-0.39, 0.29) is 0 Å². The molecule has 3 aromatic carbocycles. The van der Waals surface area contributed by atoms with Crippen molar-refractivity contribution in [3.05, 3.63) is 95.5 Å². The number of amides is 3. The van der Waals surface area contributed by atoms with Gasteiger partial charge in [-0.1, -0.05) is 48.0 Å². The number of carbonyl (C=O) groups excluding carboxylic acids is 2. The minimum absolute atomic E-state index is 0.343. The molecule has 0 aliphatic heterocycles. The number of hydrogen-bond acceptors (Lipinski definition) is 3. The number of nitrogens with one attached hydrogen (secondary N) is 2. The first kappa shape index (κ1) is 17.5. The van der Waals surface area contributed by atoms with E-state index in [4.69, 9.17) is 11.6 Å². The van der Waals surface area contributed by atoms with Gasteiger partial charge in [-0.3, -0.25) is 15.1 Å². The first-order valence-electron chi connectivity index (χ1n) is 7.91. The van der Waals surface area contributed by atoms with Crippen LogP contribution in [0.4, 0.5) is 16.2 Å². The SMILES string of the molecule is O=C(NC(=O)c1ccc(Cl)cc1)NN(c1ccccc1)c1ccccc1. The molecule has 0 saturated heterocycles. The summed E-state index contributed by atoms with van der Waals surface area (Å²) < 4.78 is 0. The maximum absolute atomic E-state index is 12.3. The topological polar surface area (TPSA) is 61.4 Å². The van der Waals surface area contributed by atoms with Gasteiger partial charge < -0.3 is 0 Å². The van der Waals surface area contributed by atoms with Gasteiger partial charge in [0, 0.05) is 10.6 Å². The van der Waals surface area contributed by atoms with Gasteiger partial charge in [0.1, 0.15) is 0 Å². The Morgan fingerprint density at radius 1 is 0.731 bits per heavy atom. The van der Waals surface area contributed by atoms with Crippen molar-refractivity contribution in [3.63, 3.8) is 0 Å². The molecule has 130 valence electrons. The summed E-state index contributed by atoms with van der Waals surface area (Å²) in [5, 5.41) is 4.43. The first-order valence-corrected chi connectivity index (χ1v) is 8.29. The average molecular weight is 366 g/mol. The number of nitrogens with zero attached hydrogens (tertiary/aromatic N) is 1. The summed E-state index contributed by atoms with van der Waals surface area (Å²) in [5.41, 5.74) is 4.56. The molecular formula is C20H16ClN3O2. The van der Waals surface area contributed by atoms with Gasteiger partial charge in [-0.25, -0.2) is 10.2 Å². The standard InChI is InChI=1S/C20H16ClN3O2/c21-16-13-11-15(12-14-16)19(25)22-20(26)23-24(17-7-3-1-4-8-17)18-9-5-2-6-10-18/h1-14H,(H2,22,23,25,26). The molecule has 0 saturated carbocycles. The van der Waals surface area contributed by atoms with E-state index in [0.29, 0.717) is 10.6 Å². The largest absolute Gasteiger partial charge is 0.340 e. The highest BCUT2D eigenvalue weighted by atomic mass is 35.5. The molecule has 0 bridgehead atoms. The lowest BCUT2D eigenvalue weighted by atomic mass is 10.2. The Labute approximate surface area is 156 Å². The number of urea groups is 1. The van der Waals surface area contributed by atoms with Gasteiger partial charge in [-0.2, -0.15) is 0 Å². The fourth-order valence-electron chi connectivity index (χ4n) is 2.34. The number of hydrazine groups is 1. The molecule has 0 fully saturated rings. The van der Waals surface area contributed by atoms with Crippen LogP contribution in [0, 0.1) is 0 Å². The van der Waals surface area contributed by atoms with Crippen molar-refractivity contribution in [2.75, 3.05) is 5.01 Å². The second kappa shape index (κ2) is 8.18. The van der Waals surface area contributed by atoms with Gasteiger partial charge in [0.05, 0.1) is 11.4 Å². The Kier molecular flexibility index (Phi) is 5.51. The fourth-order valence-corrected chi connectivity index (χ4v) is 2.46. The van der Waals surface area contributed by atoms with Gasteiger partial charge in [-0.05, 0) is 48.5 Å². The minimum Gasteiger partial charge on any atom is -0.273 e. The highest BCUT2D eigenvalue weighted by Gasteiger charge is 2.15. The smallest absolute Gasteiger partial charge is 0.273 e. The normalized spacial score (nSPS) is 10.0. The number of benzene rings is 3. The predicted molar refractivity (Wildman–Crippen MR) is 102 cm³/mol. The molecule has 3 aromatic rings. The zero-order valence-corrected chi connectivity index (χ0v) is 14.5. The van der Waals surface area contributed by atoms with Crippen LogP contribution < -0.4 is 15.8 Å². The maximum atomic E-state index is 12.3. The molecule has 0 unspecified atom stereocenters. The molecule has 3 rings (SSSR count). The molecule has 0 heterocycles.